The highest BCUT2D eigenvalue weighted by Crippen LogP contribution is 2.52. The minimum absolute atomic E-state index is 0.0476. The maximum absolute atomic E-state index is 13.1. The number of hydrogen-bond donors (Lipinski definition) is 0. The summed E-state index contributed by atoms with van der Waals surface area (Å²) in [6.45, 7) is 7.80. The fourth-order valence-electron chi connectivity index (χ4n) is 6.18. The van der Waals surface area contributed by atoms with E-state index in [1.807, 2.05) is 4.90 Å². The number of hydrogen-bond acceptors (Lipinski definition) is 4. The zero-order valence-corrected chi connectivity index (χ0v) is 19.2. The van der Waals surface area contributed by atoms with Crippen LogP contribution < -0.4 is 4.90 Å². The first-order valence-corrected chi connectivity index (χ1v) is 11.9. The summed E-state index contributed by atoms with van der Waals surface area (Å²) in [4.78, 5) is 17.1. The molecule has 0 bridgehead atoms. The monoisotopic (exact) mass is 460 g/mol. The Morgan fingerprint density at radius 1 is 1.18 bits per heavy atom. The van der Waals surface area contributed by atoms with Gasteiger partial charge < -0.3 is 9.64 Å². The van der Waals surface area contributed by atoms with Crippen LogP contribution in [0.2, 0.25) is 0 Å². The lowest BCUT2D eigenvalue weighted by Gasteiger charge is -2.43. The Bertz CT molecular complexity index is 993. The van der Waals surface area contributed by atoms with E-state index in [9.17, 15) is 18.0 Å². The van der Waals surface area contributed by atoms with Crippen molar-refractivity contribution in [1.82, 2.24) is 4.90 Å². The van der Waals surface area contributed by atoms with E-state index in [1.165, 1.54) is 23.3 Å². The van der Waals surface area contributed by atoms with Gasteiger partial charge in [0.05, 0.1) is 11.5 Å². The van der Waals surface area contributed by atoms with E-state index in [0.29, 0.717) is 38.4 Å². The quantitative estimate of drug-likeness (QED) is 0.591. The van der Waals surface area contributed by atoms with Crippen LogP contribution in [0.15, 0.2) is 47.6 Å². The van der Waals surface area contributed by atoms with Crippen LogP contribution in [0.4, 0.5) is 18.9 Å². The second-order valence-electron chi connectivity index (χ2n) is 10.3. The molecule has 2 aliphatic heterocycles. The summed E-state index contributed by atoms with van der Waals surface area (Å²) in [7, 11) is 0. The van der Waals surface area contributed by atoms with Gasteiger partial charge in [-0.15, -0.1) is 0 Å². The molecule has 4 atom stereocenters. The van der Waals surface area contributed by atoms with Gasteiger partial charge in [-0.25, -0.2) is 0 Å². The molecular formula is C26H31F3N2O2. The minimum Gasteiger partial charge on any atom is -0.461 e. The van der Waals surface area contributed by atoms with Crippen molar-refractivity contribution in [2.75, 3.05) is 37.6 Å². The summed E-state index contributed by atoms with van der Waals surface area (Å²) in [5.74, 6) is -0.184. The highest BCUT2D eigenvalue weighted by Gasteiger charge is 2.51. The number of carbonyl (C=O) groups excluding carboxylic acids is 1. The number of fused-ring (bicyclic) bond motifs is 2. The molecule has 0 N–H and O–H groups in total. The van der Waals surface area contributed by atoms with Crippen molar-refractivity contribution in [3.05, 3.63) is 53.1 Å². The Kier molecular flexibility index (Phi) is 5.58. The van der Waals surface area contributed by atoms with Crippen LogP contribution in [-0.4, -0.2) is 49.7 Å². The van der Waals surface area contributed by atoms with Gasteiger partial charge in [0.25, 0.3) is 0 Å². The van der Waals surface area contributed by atoms with Gasteiger partial charge in [-0.3, -0.25) is 9.69 Å². The van der Waals surface area contributed by atoms with Crippen LogP contribution in [0.3, 0.4) is 0 Å². The number of alkyl halides is 3. The third kappa shape index (κ3) is 4.20. The van der Waals surface area contributed by atoms with Crippen LogP contribution in [-0.2, 0) is 15.7 Å². The van der Waals surface area contributed by atoms with Gasteiger partial charge in [0.2, 0.25) is 0 Å². The van der Waals surface area contributed by atoms with Crippen molar-refractivity contribution in [1.29, 1.82) is 0 Å². The summed E-state index contributed by atoms with van der Waals surface area (Å²) in [6, 6.07) is 5.52. The van der Waals surface area contributed by atoms with E-state index in [2.05, 4.69) is 30.9 Å². The zero-order chi connectivity index (χ0) is 23.4. The molecule has 1 aromatic rings. The first-order chi connectivity index (χ1) is 15.6. The van der Waals surface area contributed by atoms with Gasteiger partial charge in [0, 0.05) is 44.3 Å². The lowest BCUT2D eigenvalue weighted by molar-refractivity contribution is -0.145. The molecule has 4 aliphatic rings. The fraction of sp³-hybridized carbons (Fsp3) is 0.577. The predicted molar refractivity (Wildman–Crippen MR) is 121 cm³/mol. The number of halogens is 3. The van der Waals surface area contributed by atoms with Crippen LogP contribution in [0.1, 0.15) is 38.7 Å². The van der Waals surface area contributed by atoms with Crippen molar-refractivity contribution in [3.8, 4) is 0 Å². The average molecular weight is 461 g/mol. The third-order valence-corrected chi connectivity index (χ3v) is 8.06. The highest BCUT2D eigenvalue weighted by atomic mass is 19.4. The van der Waals surface area contributed by atoms with Crippen molar-refractivity contribution in [2.24, 2.45) is 17.3 Å². The summed E-state index contributed by atoms with van der Waals surface area (Å²) < 4.78 is 45.1. The molecular weight excluding hydrogens is 429 g/mol. The normalized spacial score (nSPS) is 32.6. The third-order valence-electron chi connectivity index (χ3n) is 8.06. The molecule has 0 amide bonds. The van der Waals surface area contributed by atoms with Crippen LogP contribution in [0.5, 0.6) is 0 Å². The molecule has 7 heteroatoms. The Labute approximate surface area is 193 Å². The van der Waals surface area contributed by atoms with E-state index in [4.69, 9.17) is 4.74 Å². The lowest BCUT2D eigenvalue weighted by atomic mass is 9.62. The van der Waals surface area contributed by atoms with Crippen molar-refractivity contribution in [2.45, 2.75) is 45.4 Å². The first-order valence-electron chi connectivity index (χ1n) is 11.9. The number of nitrogens with zero attached hydrogens (tertiary/aromatic N) is 2. The molecule has 4 unspecified atom stereocenters. The first kappa shape index (κ1) is 22.5. The predicted octanol–water partition coefficient (Wildman–Crippen LogP) is 5.06. The summed E-state index contributed by atoms with van der Waals surface area (Å²) in [6.07, 6.45) is 3.28. The van der Waals surface area contributed by atoms with Crippen molar-refractivity contribution < 1.29 is 22.7 Å². The van der Waals surface area contributed by atoms with E-state index in [0.717, 1.165) is 25.3 Å². The lowest BCUT2D eigenvalue weighted by Crippen LogP contribution is -2.49. The van der Waals surface area contributed by atoms with Crippen LogP contribution in [0, 0.1) is 17.3 Å². The second kappa shape index (κ2) is 8.19. The number of piperazine rings is 1. The molecule has 0 radical (unpaired) electrons. The van der Waals surface area contributed by atoms with Gasteiger partial charge in [0.1, 0.15) is 6.10 Å². The summed E-state index contributed by atoms with van der Waals surface area (Å²) in [5, 5.41) is 0. The standard InChI is InChI=1S/C26H31F3N2O2/c1-17-5-4-8-25(2)15-23-20(14-22(17)25)21(24(32)33-23)16-30-9-11-31(12-10-30)19-7-3-6-18(13-19)26(27,28)29/h3,5-7,13-14,20-21,23H,4,8-12,15-16H2,1-2H3. The van der Waals surface area contributed by atoms with Gasteiger partial charge in [-0.1, -0.05) is 30.7 Å². The maximum Gasteiger partial charge on any atom is 0.416 e. The smallest absolute Gasteiger partial charge is 0.416 e. The molecule has 1 aromatic carbocycles. The Morgan fingerprint density at radius 3 is 2.67 bits per heavy atom. The number of esters is 1. The van der Waals surface area contributed by atoms with Crippen molar-refractivity contribution in [3.63, 3.8) is 0 Å². The van der Waals surface area contributed by atoms with Crippen LogP contribution in [0.25, 0.3) is 0 Å². The highest BCUT2D eigenvalue weighted by molar-refractivity contribution is 5.76. The Morgan fingerprint density at radius 2 is 1.94 bits per heavy atom. The number of anilines is 1. The number of ether oxygens (including phenoxy) is 1. The van der Waals surface area contributed by atoms with Gasteiger partial charge in [0.15, 0.2) is 0 Å². The number of allylic oxidation sites excluding steroid dienone is 3. The molecule has 0 saturated carbocycles. The number of benzene rings is 1. The van der Waals surface area contributed by atoms with Gasteiger partial charge in [-0.05, 0) is 55.4 Å². The molecule has 0 spiro atoms. The molecule has 33 heavy (non-hydrogen) atoms. The Hall–Kier alpha value is -2.28. The van der Waals surface area contributed by atoms with Gasteiger partial charge >= 0.3 is 12.1 Å². The molecule has 2 fully saturated rings. The molecule has 5 rings (SSSR count). The van der Waals surface area contributed by atoms with Crippen molar-refractivity contribution >= 4 is 11.7 Å². The summed E-state index contributed by atoms with van der Waals surface area (Å²) >= 11 is 0. The van der Waals surface area contributed by atoms with Crippen LogP contribution >= 0.6 is 0 Å². The second-order valence-corrected chi connectivity index (χ2v) is 10.3. The molecule has 2 aliphatic carbocycles. The molecule has 2 heterocycles. The minimum atomic E-state index is -4.34. The summed E-state index contributed by atoms with van der Waals surface area (Å²) in [5.41, 5.74) is 2.78. The number of carbonyl (C=O) groups is 1. The average Bonchev–Trinajstić information content (AvgIpc) is 3.06. The zero-order valence-electron chi connectivity index (χ0n) is 19.2. The van der Waals surface area contributed by atoms with E-state index in [-0.39, 0.29) is 29.3 Å². The van der Waals surface area contributed by atoms with Gasteiger partial charge in [-0.2, -0.15) is 13.2 Å². The topological polar surface area (TPSA) is 32.8 Å². The van der Waals surface area contributed by atoms with E-state index >= 15 is 0 Å². The molecule has 178 valence electrons. The fourth-order valence-corrected chi connectivity index (χ4v) is 6.18. The van der Waals surface area contributed by atoms with E-state index < -0.39 is 11.7 Å². The largest absolute Gasteiger partial charge is 0.461 e. The van der Waals surface area contributed by atoms with E-state index in [1.54, 1.807) is 6.07 Å². The molecule has 2 saturated heterocycles. The maximum atomic E-state index is 13.1. The number of rotatable bonds is 3. The SMILES string of the molecule is CC1=CCCC2(C)CC3OC(=O)C(CN4CCN(c5cccc(C(F)(F)F)c5)CC4)C3C=C12. The Balaban J connectivity index is 1.25. The molecule has 0 aromatic heterocycles. The molecule has 4 nitrogen and oxygen atoms in total.